The zero-order valence-electron chi connectivity index (χ0n) is 21.5. The van der Waals surface area contributed by atoms with Crippen LogP contribution in [-0.2, 0) is 23.9 Å². The van der Waals surface area contributed by atoms with Crippen molar-refractivity contribution >= 4 is 41.0 Å². The van der Waals surface area contributed by atoms with Crippen LogP contribution < -0.4 is 10.2 Å². The van der Waals surface area contributed by atoms with Crippen LogP contribution >= 0.6 is 0 Å². The molecule has 1 fully saturated rings. The number of benzene rings is 2. The minimum atomic E-state index is -0.722. The second-order valence-corrected chi connectivity index (χ2v) is 9.91. The number of nitrogens with zero attached hydrogens (tertiary/aromatic N) is 1. The van der Waals surface area contributed by atoms with E-state index in [0.717, 1.165) is 0 Å². The van der Waals surface area contributed by atoms with Crippen molar-refractivity contribution in [1.82, 2.24) is 0 Å². The number of amides is 3. The molecular formula is C29H30N2O7. The molecule has 0 saturated carbocycles. The van der Waals surface area contributed by atoms with E-state index in [4.69, 9.17) is 9.47 Å². The average molecular weight is 519 g/mol. The van der Waals surface area contributed by atoms with Crippen molar-refractivity contribution in [3.05, 3.63) is 71.8 Å². The molecule has 9 nitrogen and oxygen atoms in total. The molecule has 1 saturated heterocycles. The molecule has 4 rings (SSSR count). The number of carbonyl (C=O) groups is 5. The van der Waals surface area contributed by atoms with Crippen molar-refractivity contribution < 1.29 is 33.4 Å². The standard InChI is InChI=1S/C29H30N2O7/c1-17(2)15-37-28(35)19-7-11-21(12-8-19)30-24(32)16-38-29(36)20-9-13-22(14-10-20)31-26(33)23-6-4-5-18(3)25(23)27(31)34/h4-5,7-14,17-18,23,25H,6,15-16H2,1-3H3,(H,30,32)/t18-,23-,25+/m1/s1. The lowest BCUT2D eigenvalue weighted by atomic mass is 9.78. The van der Waals surface area contributed by atoms with Crippen molar-refractivity contribution in [2.75, 3.05) is 23.4 Å². The molecule has 1 aliphatic heterocycles. The molecular weight excluding hydrogens is 488 g/mol. The molecule has 198 valence electrons. The predicted octanol–water partition coefficient (Wildman–Crippen LogP) is 4.00. The minimum Gasteiger partial charge on any atom is -0.462 e. The number of hydrogen-bond donors (Lipinski definition) is 1. The molecule has 2 aliphatic rings. The Morgan fingerprint density at radius 3 is 2.13 bits per heavy atom. The van der Waals surface area contributed by atoms with Crippen molar-refractivity contribution in [3.8, 4) is 0 Å². The number of hydrogen-bond acceptors (Lipinski definition) is 7. The SMILES string of the molecule is CC(C)COC(=O)c1ccc(NC(=O)COC(=O)c2ccc(N3C(=O)[C@H]4[C@H](C)C=CC[C@H]4C3=O)cc2)cc1. The molecule has 3 amide bonds. The number of fused-ring (bicyclic) bond motifs is 1. The van der Waals surface area contributed by atoms with E-state index in [1.165, 1.54) is 41.3 Å². The van der Waals surface area contributed by atoms with E-state index in [1.54, 1.807) is 12.1 Å². The molecule has 1 N–H and O–H groups in total. The van der Waals surface area contributed by atoms with Crippen molar-refractivity contribution in [2.45, 2.75) is 27.2 Å². The Bertz CT molecular complexity index is 1260. The fourth-order valence-corrected chi connectivity index (χ4v) is 4.58. The molecule has 3 atom stereocenters. The van der Waals surface area contributed by atoms with Gasteiger partial charge in [-0.3, -0.25) is 19.3 Å². The van der Waals surface area contributed by atoms with Crippen molar-refractivity contribution in [1.29, 1.82) is 0 Å². The van der Waals surface area contributed by atoms with E-state index in [1.807, 2.05) is 32.9 Å². The molecule has 2 aromatic carbocycles. The molecule has 0 spiro atoms. The van der Waals surface area contributed by atoms with E-state index in [9.17, 15) is 24.0 Å². The summed E-state index contributed by atoms with van der Waals surface area (Å²) < 4.78 is 10.3. The van der Waals surface area contributed by atoms with Crippen LogP contribution in [0.4, 0.5) is 11.4 Å². The minimum absolute atomic E-state index is 0.0141. The number of esters is 2. The van der Waals surface area contributed by atoms with Crippen molar-refractivity contribution in [2.24, 2.45) is 23.7 Å². The lowest BCUT2D eigenvalue weighted by Gasteiger charge is -2.22. The summed E-state index contributed by atoms with van der Waals surface area (Å²) in [6.07, 6.45) is 4.44. The number of rotatable bonds is 8. The Labute approximate surface area is 220 Å². The first kappa shape index (κ1) is 26.8. The quantitative estimate of drug-likeness (QED) is 0.319. The Morgan fingerprint density at radius 1 is 0.921 bits per heavy atom. The van der Waals surface area contributed by atoms with Crippen LogP contribution in [0.2, 0.25) is 0 Å². The highest BCUT2D eigenvalue weighted by Crippen LogP contribution is 2.40. The highest BCUT2D eigenvalue weighted by molar-refractivity contribution is 6.22. The normalized spacial score (nSPS) is 20.3. The van der Waals surface area contributed by atoms with E-state index in [2.05, 4.69) is 5.32 Å². The first-order valence-corrected chi connectivity index (χ1v) is 12.5. The monoisotopic (exact) mass is 518 g/mol. The van der Waals surface area contributed by atoms with Gasteiger partial charge in [-0.05, 0) is 66.8 Å². The lowest BCUT2D eigenvalue weighted by molar-refractivity contribution is -0.123. The summed E-state index contributed by atoms with van der Waals surface area (Å²) in [7, 11) is 0. The van der Waals surface area contributed by atoms with Gasteiger partial charge in [0.2, 0.25) is 11.8 Å². The third kappa shape index (κ3) is 5.82. The molecule has 2 aromatic rings. The second-order valence-electron chi connectivity index (χ2n) is 9.91. The Hall–Kier alpha value is -4.27. The number of anilines is 2. The lowest BCUT2D eigenvalue weighted by Crippen LogP contribution is -2.31. The third-order valence-corrected chi connectivity index (χ3v) is 6.52. The number of allylic oxidation sites excluding steroid dienone is 2. The summed E-state index contributed by atoms with van der Waals surface area (Å²) in [4.78, 5) is 63.6. The third-order valence-electron chi connectivity index (χ3n) is 6.52. The van der Waals surface area contributed by atoms with Crippen LogP contribution in [-0.4, -0.2) is 42.9 Å². The summed E-state index contributed by atoms with van der Waals surface area (Å²) in [6, 6.07) is 12.1. The summed E-state index contributed by atoms with van der Waals surface area (Å²) in [5.74, 6) is -2.70. The van der Waals surface area contributed by atoms with Crippen LogP contribution in [0.1, 0.15) is 47.9 Å². The van der Waals surface area contributed by atoms with Gasteiger partial charge in [-0.25, -0.2) is 9.59 Å². The fourth-order valence-electron chi connectivity index (χ4n) is 4.58. The molecule has 1 aliphatic carbocycles. The van der Waals surface area contributed by atoms with Gasteiger partial charge in [0.25, 0.3) is 5.91 Å². The Morgan fingerprint density at radius 2 is 1.53 bits per heavy atom. The van der Waals surface area contributed by atoms with Gasteiger partial charge < -0.3 is 14.8 Å². The maximum Gasteiger partial charge on any atom is 0.338 e. The summed E-state index contributed by atoms with van der Waals surface area (Å²) in [5.41, 5.74) is 1.37. The zero-order valence-corrected chi connectivity index (χ0v) is 21.5. The molecule has 38 heavy (non-hydrogen) atoms. The summed E-state index contributed by atoms with van der Waals surface area (Å²) in [5, 5.41) is 2.59. The first-order valence-electron chi connectivity index (χ1n) is 12.5. The van der Waals surface area contributed by atoms with Gasteiger partial charge in [0, 0.05) is 5.69 Å². The van der Waals surface area contributed by atoms with E-state index in [-0.39, 0.29) is 41.0 Å². The van der Waals surface area contributed by atoms with Gasteiger partial charge in [0.15, 0.2) is 6.61 Å². The van der Waals surface area contributed by atoms with Gasteiger partial charge in [-0.2, -0.15) is 0 Å². The van der Waals surface area contributed by atoms with Crippen LogP contribution in [0.3, 0.4) is 0 Å². The maximum absolute atomic E-state index is 12.9. The number of imide groups is 1. The van der Waals surface area contributed by atoms with Gasteiger partial charge in [0.05, 0.1) is 35.3 Å². The molecule has 1 heterocycles. The maximum atomic E-state index is 12.9. The largest absolute Gasteiger partial charge is 0.462 e. The van der Waals surface area contributed by atoms with E-state index in [0.29, 0.717) is 30.0 Å². The average Bonchev–Trinajstić information content (AvgIpc) is 3.16. The summed E-state index contributed by atoms with van der Waals surface area (Å²) >= 11 is 0. The van der Waals surface area contributed by atoms with Gasteiger partial charge in [0.1, 0.15) is 0 Å². The number of carbonyl (C=O) groups excluding carboxylic acids is 5. The first-order chi connectivity index (χ1) is 18.2. The predicted molar refractivity (Wildman–Crippen MR) is 139 cm³/mol. The molecule has 9 heteroatoms. The highest BCUT2D eigenvalue weighted by Gasteiger charge is 2.50. The van der Waals surface area contributed by atoms with E-state index < -0.39 is 24.5 Å². The molecule has 0 aromatic heterocycles. The molecule has 0 unspecified atom stereocenters. The Kier molecular flexibility index (Phi) is 8.05. The number of ether oxygens (including phenoxy) is 2. The fraction of sp³-hybridized carbons (Fsp3) is 0.345. The van der Waals surface area contributed by atoms with Gasteiger partial charge in [-0.15, -0.1) is 0 Å². The highest BCUT2D eigenvalue weighted by atomic mass is 16.5. The van der Waals surface area contributed by atoms with Crippen LogP contribution in [0.5, 0.6) is 0 Å². The van der Waals surface area contributed by atoms with Gasteiger partial charge in [-0.1, -0.05) is 32.9 Å². The second kappa shape index (κ2) is 11.4. The molecule has 0 radical (unpaired) electrons. The van der Waals surface area contributed by atoms with Crippen LogP contribution in [0.25, 0.3) is 0 Å². The van der Waals surface area contributed by atoms with E-state index >= 15 is 0 Å². The smallest absolute Gasteiger partial charge is 0.338 e. The topological polar surface area (TPSA) is 119 Å². The summed E-state index contributed by atoms with van der Waals surface area (Å²) in [6.45, 7) is 5.61. The van der Waals surface area contributed by atoms with Crippen LogP contribution in [0, 0.1) is 23.7 Å². The Balaban J connectivity index is 1.29. The number of nitrogens with one attached hydrogen (secondary N) is 1. The van der Waals surface area contributed by atoms with Gasteiger partial charge >= 0.3 is 11.9 Å². The molecule has 0 bridgehead atoms. The van der Waals surface area contributed by atoms with Crippen LogP contribution in [0.15, 0.2) is 60.7 Å². The zero-order chi connectivity index (χ0) is 27.4. The van der Waals surface area contributed by atoms with Crippen molar-refractivity contribution in [3.63, 3.8) is 0 Å².